The largest absolute Gasteiger partial charge is 0.481 e. The molecular formula is C17H15ClINO3. The number of aliphatic hydroxyl groups is 1. The van der Waals surface area contributed by atoms with E-state index in [1.165, 1.54) is 6.08 Å². The first-order valence-corrected chi connectivity index (χ1v) is 8.36. The average Bonchev–Trinajstić information content (AvgIpc) is 2.52. The van der Waals surface area contributed by atoms with Crippen molar-refractivity contribution in [2.45, 2.75) is 13.0 Å². The molecule has 0 spiro atoms. The summed E-state index contributed by atoms with van der Waals surface area (Å²) in [4.78, 5) is 15.9. The maximum absolute atomic E-state index is 11.9. The summed E-state index contributed by atoms with van der Waals surface area (Å²) in [5.74, 6) is 0.165. The number of hydrogen-bond donors (Lipinski definition) is 1. The van der Waals surface area contributed by atoms with E-state index in [1.54, 1.807) is 19.1 Å². The molecule has 0 aliphatic rings. The number of carbonyl (C=O) groups is 1. The Morgan fingerprint density at radius 2 is 2.13 bits per heavy atom. The minimum Gasteiger partial charge on any atom is -0.481 e. The van der Waals surface area contributed by atoms with Gasteiger partial charge in [0, 0.05) is 0 Å². The van der Waals surface area contributed by atoms with Gasteiger partial charge < -0.3 is 9.84 Å². The van der Waals surface area contributed by atoms with Crippen molar-refractivity contribution < 1.29 is 14.6 Å². The quantitative estimate of drug-likeness (QED) is 0.416. The number of aromatic nitrogens is 1. The van der Waals surface area contributed by atoms with Gasteiger partial charge in [0.1, 0.15) is 0 Å². The lowest BCUT2D eigenvalue weighted by Gasteiger charge is -2.11. The second kappa shape index (κ2) is 8.42. The highest BCUT2D eigenvalue weighted by Gasteiger charge is 2.14. The van der Waals surface area contributed by atoms with Gasteiger partial charge in [-0.3, -0.25) is 4.79 Å². The van der Waals surface area contributed by atoms with Crippen LogP contribution >= 0.6 is 34.2 Å². The van der Waals surface area contributed by atoms with Gasteiger partial charge in [-0.05, 0) is 47.2 Å². The Balaban J connectivity index is 2.01. The normalized spacial score (nSPS) is 12.3. The molecule has 0 aliphatic carbocycles. The molecule has 0 radical (unpaired) electrons. The van der Waals surface area contributed by atoms with Gasteiger partial charge in [-0.2, -0.15) is 0 Å². The van der Waals surface area contributed by atoms with Crippen LogP contribution < -0.4 is 4.74 Å². The summed E-state index contributed by atoms with van der Waals surface area (Å²) >= 11 is 8.09. The Labute approximate surface area is 153 Å². The van der Waals surface area contributed by atoms with Crippen molar-refractivity contribution in [1.82, 2.24) is 4.98 Å². The third-order valence-corrected chi connectivity index (χ3v) is 4.01. The first-order valence-electron chi connectivity index (χ1n) is 6.90. The molecular weight excluding hydrogens is 429 g/mol. The molecule has 1 atom stereocenters. The molecule has 4 nitrogen and oxygen atoms in total. The summed E-state index contributed by atoms with van der Waals surface area (Å²) in [5, 5.41) is 9.66. The molecule has 0 bridgehead atoms. The lowest BCUT2D eigenvalue weighted by atomic mass is 10.2. The molecule has 1 N–H and O–H groups in total. The van der Waals surface area contributed by atoms with Crippen LogP contribution in [0, 0.1) is 3.57 Å². The zero-order valence-electron chi connectivity index (χ0n) is 12.4. The highest BCUT2D eigenvalue weighted by Crippen LogP contribution is 2.30. The topological polar surface area (TPSA) is 59.4 Å². The number of rotatable bonds is 6. The van der Waals surface area contributed by atoms with E-state index in [0.717, 1.165) is 5.56 Å². The van der Waals surface area contributed by atoms with Gasteiger partial charge in [0.15, 0.2) is 23.3 Å². The van der Waals surface area contributed by atoms with Crippen LogP contribution in [0.25, 0.3) is 6.08 Å². The first-order chi connectivity index (χ1) is 11.0. The van der Waals surface area contributed by atoms with Crippen LogP contribution in [0.1, 0.15) is 24.3 Å². The van der Waals surface area contributed by atoms with Crippen molar-refractivity contribution >= 4 is 46.1 Å². The van der Waals surface area contributed by atoms with Gasteiger partial charge in [0.2, 0.25) is 0 Å². The van der Waals surface area contributed by atoms with E-state index < -0.39 is 6.10 Å². The lowest BCUT2D eigenvalue weighted by molar-refractivity contribution is -0.116. The first kappa shape index (κ1) is 17.9. The Morgan fingerprint density at radius 3 is 2.74 bits per heavy atom. The molecule has 120 valence electrons. The number of aliphatic hydroxyl groups excluding tert-OH is 1. The molecule has 1 aromatic carbocycles. The van der Waals surface area contributed by atoms with E-state index in [4.69, 9.17) is 16.3 Å². The van der Waals surface area contributed by atoms with Crippen molar-refractivity contribution in [3.8, 4) is 5.75 Å². The predicted octanol–water partition coefficient (Wildman–Crippen LogP) is 4.05. The molecule has 0 saturated heterocycles. The lowest BCUT2D eigenvalue weighted by Crippen LogP contribution is -2.10. The minimum absolute atomic E-state index is 0.130. The number of nitrogens with zero attached hydrogens (tertiary/aromatic N) is 1. The fraction of sp³-hybridized carbons (Fsp3) is 0.176. The fourth-order valence-corrected chi connectivity index (χ4v) is 2.92. The van der Waals surface area contributed by atoms with Crippen molar-refractivity contribution in [1.29, 1.82) is 0 Å². The van der Waals surface area contributed by atoms with Gasteiger partial charge >= 0.3 is 0 Å². The van der Waals surface area contributed by atoms with E-state index in [1.807, 2.05) is 52.9 Å². The molecule has 0 aliphatic heterocycles. The molecule has 1 unspecified atom stereocenters. The highest BCUT2D eigenvalue weighted by atomic mass is 127. The Kier molecular flexibility index (Phi) is 6.56. The Hall–Kier alpha value is -1.44. The molecule has 23 heavy (non-hydrogen) atoms. The zero-order chi connectivity index (χ0) is 16.8. The zero-order valence-corrected chi connectivity index (χ0v) is 15.3. The summed E-state index contributed by atoms with van der Waals surface area (Å²) in [6.07, 6.45) is 2.48. The van der Waals surface area contributed by atoms with Gasteiger partial charge in [0.25, 0.3) is 0 Å². The maximum Gasteiger partial charge on any atom is 0.193 e. The summed E-state index contributed by atoms with van der Waals surface area (Å²) in [6.45, 7) is 1.47. The smallest absolute Gasteiger partial charge is 0.193 e. The highest BCUT2D eigenvalue weighted by molar-refractivity contribution is 14.1. The minimum atomic E-state index is -0.717. The third kappa shape index (κ3) is 5.30. The van der Waals surface area contributed by atoms with E-state index in [2.05, 4.69) is 4.98 Å². The summed E-state index contributed by atoms with van der Waals surface area (Å²) in [6, 6.07) is 11.2. The number of halogens is 2. The van der Waals surface area contributed by atoms with E-state index in [9.17, 15) is 9.90 Å². The van der Waals surface area contributed by atoms with E-state index >= 15 is 0 Å². The van der Waals surface area contributed by atoms with Gasteiger partial charge in [-0.1, -0.05) is 48.0 Å². The standard InChI is InChI=1S/C17H15ClINO3/c1-11(21)15-9-14(19)16(17(18)20-15)23-10-13(22)8-7-12-5-3-2-4-6-12/h2-9,11,21H,10H2,1H3/b8-7+. The van der Waals surface area contributed by atoms with Crippen LogP contribution in [0.3, 0.4) is 0 Å². The van der Waals surface area contributed by atoms with Gasteiger partial charge in [0.05, 0.1) is 15.4 Å². The van der Waals surface area contributed by atoms with E-state index in [-0.39, 0.29) is 17.5 Å². The summed E-state index contributed by atoms with van der Waals surface area (Å²) < 4.78 is 6.16. The fourth-order valence-electron chi connectivity index (χ4n) is 1.78. The summed E-state index contributed by atoms with van der Waals surface area (Å²) in [7, 11) is 0. The average molecular weight is 444 g/mol. The number of carbonyl (C=O) groups excluding carboxylic acids is 1. The van der Waals surface area contributed by atoms with Crippen LogP contribution in [-0.2, 0) is 4.79 Å². The maximum atomic E-state index is 11.9. The second-order valence-corrected chi connectivity index (χ2v) is 6.34. The van der Waals surface area contributed by atoms with Gasteiger partial charge in [-0.15, -0.1) is 0 Å². The van der Waals surface area contributed by atoms with Gasteiger partial charge in [-0.25, -0.2) is 4.98 Å². The Bertz CT molecular complexity index is 694. The van der Waals surface area contributed by atoms with Crippen molar-refractivity contribution in [2.24, 2.45) is 0 Å². The van der Waals surface area contributed by atoms with Crippen molar-refractivity contribution in [3.05, 3.63) is 62.5 Å². The van der Waals surface area contributed by atoms with Crippen LogP contribution in [0.2, 0.25) is 5.15 Å². The monoisotopic (exact) mass is 443 g/mol. The van der Waals surface area contributed by atoms with E-state index in [0.29, 0.717) is 15.0 Å². The van der Waals surface area contributed by atoms with Crippen molar-refractivity contribution in [3.63, 3.8) is 0 Å². The molecule has 1 aromatic heterocycles. The van der Waals surface area contributed by atoms with Crippen LogP contribution in [0.5, 0.6) is 5.75 Å². The number of pyridine rings is 1. The SMILES string of the molecule is CC(O)c1cc(I)c(OCC(=O)/C=C/c2ccccc2)c(Cl)n1. The molecule has 1 heterocycles. The van der Waals surface area contributed by atoms with Crippen LogP contribution in [-0.4, -0.2) is 22.5 Å². The predicted molar refractivity (Wildman–Crippen MR) is 98.6 cm³/mol. The molecule has 0 saturated carbocycles. The molecule has 0 fully saturated rings. The van der Waals surface area contributed by atoms with Crippen LogP contribution in [0.4, 0.5) is 0 Å². The van der Waals surface area contributed by atoms with Crippen LogP contribution in [0.15, 0.2) is 42.5 Å². The molecule has 6 heteroatoms. The number of ether oxygens (including phenoxy) is 1. The number of benzene rings is 1. The number of ketones is 1. The van der Waals surface area contributed by atoms with Crippen molar-refractivity contribution in [2.75, 3.05) is 6.61 Å². The third-order valence-electron chi connectivity index (χ3n) is 2.95. The second-order valence-electron chi connectivity index (χ2n) is 4.82. The summed E-state index contributed by atoms with van der Waals surface area (Å²) in [5.41, 5.74) is 1.40. The number of hydrogen-bond acceptors (Lipinski definition) is 4. The molecule has 0 amide bonds. The molecule has 2 aromatic rings. The Morgan fingerprint density at radius 1 is 1.43 bits per heavy atom. The molecule has 2 rings (SSSR count).